The molecule has 0 saturated heterocycles. The molecule has 0 fully saturated rings. The van der Waals surface area contributed by atoms with E-state index < -0.39 is 14.9 Å². The van der Waals surface area contributed by atoms with Gasteiger partial charge in [-0.3, -0.25) is 10.1 Å². The molecule has 9 heteroatoms. The summed E-state index contributed by atoms with van der Waals surface area (Å²) in [5.74, 6) is -0.361. The minimum atomic E-state index is -3.77. The number of sulfonamides is 1. The topological polar surface area (TPSA) is 105 Å². The van der Waals surface area contributed by atoms with Gasteiger partial charge in [0.15, 0.2) is 0 Å². The molecule has 0 aliphatic heterocycles. The van der Waals surface area contributed by atoms with Crippen molar-refractivity contribution in [3.8, 4) is 0 Å². The van der Waals surface area contributed by atoms with Gasteiger partial charge in [-0.15, -0.1) is 0 Å². The third kappa shape index (κ3) is 3.67. The molecule has 0 atom stereocenters. The van der Waals surface area contributed by atoms with Crippen molar-refractivity contribution in [1.29, 1.82) is 0 Å². The first-order chi connectivity index (χ1) is 11.9. The number of hydrogen-bond donors (Lipinski definition) is 2. The summed E-state index contributed by atoms with van der Waals surface area (Å²) < 4.78 is 40.2. The van der Waals surface area contributed by atoms with Crippen LogP contribution in [-0.2, 0) is 16.4 Å². The third-order valence-corrected chi connectivity index (χ3v) is 5.25. The van der Waals surface area contributed by atoms with Crippen molar-refractivity contribution in [3.63, 3.8) is 0 Å². The fraction of sp³-hybridized carbons (Fsp3) is 0.125. The van der Waals surface area contributed by atoms with Crippen LogP contribution in [0.1, 0.15) is 5.56 Å². The Morgan fingerprint density at radius 3 is 2.56 bits per heavy atom. The predicted octanol–water partition coefficient (Wildman–Crippen LogP) is 2.74. The number of nitro groups is 1. The summed E-state index contributed by atoms with van der Waals surface area (Å²) in [7, 11) is -3.77. The summed E-state index contributed by atoms with van der Waals surface area (Å²) in [5, 5.41) is 11.3. The number of aromatic nitrogens is 1. The molecular formula is C16H14FN3O4S. The third-order valence-electron chi connectivity index (χ3n) is 3.77. The summed E-state index contributed by atoms with van der Waals surface area (Å²) in [6, 6.07) is 9.00. The van der Waals surface area contributed by atoms with Crippen LogP contribution >= 0.6 is 0 Å². The summed E-state index contributed by atoms with van der Waals surface area (Å²) in [6.45, 7) is 0.114. The van der Waals surface area contributed by atoms with Gasteiger partial charge in [0.1, 0.15) is 5.82 Å². The van der Waals surface area contributed by atoms with Gasteiger partial charge < -0.3 is 4.98 Å². The van der Waals surface area contributed by atoms with Crippen molar-refractivity contribution in [2.24, 2.45) is 0 Å². The Kier molecular flexibility index (Phi) is 4.51. The van der Waals surface area contributed by atoms with Crippen LogP contribution in [0.15, 0.2) is 53.6 Å². The number of nitrogens with one attached hydrogen (secondary N) is 2. The standard InChI is InChI=1S/C16H14FN3O4S/c17-12-1-6-16-15(9-12)11(10-18-16)7-8-19-25(23,24)14-4-2-13(3-5-14)20(21)22/h1-6,9-10,18-19H,7-8H2. The van der Waals surface area contributed by atoms with Gasteiger partial charge in [0.25, 0.3) is 5.69 Å². The maximum absolute atomic E-state index is 13.3. The Balaban J connectivity index is 1.69. The van der Waals surface area contributed by atoms with E-state index in [0.717, 1.165) is 23.2 Å². The largest absolute Gasteiger partial charge is 0.361 e. The van der Waals surface area contributed by atoms with Crippen LogP contribution in [0.4, 0.5) is 10.1 Å². The quantitative estimate of drug-likeness (QED) is 0.519. The molecule has 2 N–H and O–H groups in total. The summed E-state index contributed by atoms with van der Waals surface area (Å²) in [6.07, 6.45) is 2.08. The first kappa shape index (κ1) is 17.1. The predicted molar refractivity (Wildman–Crippen MR) is 90.2 cm³/mol. The fourth-order valence-corrected chi connectivity index (χ4v) is 3.54. The lowest BCUT2D eigenvalue weighted by atomic mass is 10.1. The van der Waals surface area contributed by atoms with Crippen molar-refractivity contribution in [1.82, 2.24) is 9.71 Å². The number of aromatic amines is 1. The molecule has 7 nitrogen and oxygen atoms in total. The number of fused-ring (bicyclic) bond motifs is 1. The number of halogens is 1. The molecule has 25 heavy (non-hydrogen) atoms. The highest BCUT2D eigenvalue weighted by molar-refractivity contribution is 7.89. The van der Waals surface area contributed by atoms with Gasteiger partial charge >= 0.3 is 0 Å². The number of nitro benzene ring substituents is 1. The van der Waals surface area contributed by atoms with E-state index in [1.165, 1.54) is 24.3 Å². The molecule has 0 aliphatic carbocycles. The summed E-state index contributed by atoms with van der Waals surface area (Å²) in [4.78, 5) is 13.0. The Morgan fingerprint density at radius 2 is 1.88 bits per heavy atom. The van der Waals surface area contributed by atoms with E-state index >= 15 is 0 Å². The van der Waals surface area contributed by atoms with Crippen molar-refractivity contribution in [3.05, 3.63) is 70.2 Å². The molecule has 0 amide bonds. The maximum atomic E-state index is 13.3. The molecule has 0 saturated carbocycles. The Morgan fingerprint density at radius 1 is 1.16 bits per heavy atom. The lowest BCUT2D eigenvalue weighted by Gasteiger charge is -2.06. The number of nitrogens with zero attached hydrogens (tertiary/aromatic N) is 1. The van der Waals surface area contributed by atoms with Crippen molar-refractivity contribution < 1.29 is 17.7 Å². The van der Waals surface area contributed by atoms with E-state index in [2.05, 4.69) is 9.71 Å². The Labute approximate surface area is 142 Å². The van der Waals surface area contributed by atoms with Crippen LogP contribution in [0, 0.1) is 15.9 Å². The van der Waals surface area contributed by atoms with Crippen LogP contribution in [0.25, 0.3) is 10.9 Å². The van der Waals surface area contributed by atoms with Crippen molar-refractivity contribution in [2.75, 3.05) is 6.54 Å². The van der Waals surface area contributed by atoms with E-state index in [1.807, 2.05) is 0 Å². The molecular weight excluding hydrogens is 349 g/mol. The molecule has 1 heterocycles. The molecule has 1 aromatic heterocycles. The molecule has 0 spiro atoms. The normalized spacial score (nSPS) is 11.7. The van der Waals surface area contributed by atoms with Crippen LogP contribution in [0.2, 0.25) is 0 Å². The second kappa shape index (κ2) is 6.61. The highest BCUT2D eigenvalue weighted by atomic mass is 32.2. The van der Waals surface area contributed by atoms with Gasteiger partial charge in [0.2, 0.25) is 10.0 Å². The summed E-state index contributed by atoms with van der Waals surface area (Å²) in [5.41, 5.74) is 1.38. The molecule has 3 aromatic rings. The van der Waals surface area contributed by atoms with Crippen LogP contribution in [0.5, 0.6) is 0 Å². The lowest BCUT2D eigenvalue weighted by molar-refractivity contribution is -0.384. The molecule has 3 rings (SSSR count). The van der Waals surface area contributed by atoms with Gasteiger partial charge in [0.05, 0.1) is 9.82 Å². The van der Waals surface area contributed by atoms with E-state index in [1.54, 1.807) is 12.3 Å². The average molecular weight is 363 g/mol. The van der Waals surface area contributed by atoms with Gasteiger partial charge in [-0.2, -0.15) is 0 Å². The monoisotopic (exact) mass is 363 g/mol. The zero-order valence-corrected chi connectivity index (χ0v) is 13.7. The zero-order chi connectivity index (χ0) is 18.0. The molecule has 0 radical (unpaired) electrons. The fourth-order valence-electron chi connectivity index (χ4n) is 2.51. The average Bonchev–Trinajstić information content (AvgIpc) is 2.97. The molecule has 130 valence electrons. The SMILES string of the molecule is O=[N+]([O-])c1ccc(S(=O)(=O)NCCc2c[nH]c3ccc(F)cc23)cc1. The second-order valence-corrected chi connectivity index (χ2v) is 7.17. The van der Waals surface area contributed by atoms with Gasteiger partial charge in [-0.25, -0.2) is 17.5 Å². The minimum absolute atomic E-state index is 0.0527. The minimum Gasteiger partial charge on any atom is -0.361 e. The van der Waals surface area contributed by atoms with Crippen LogP contribution < -0.4 is 4.72 Å². The van der Waals surface area contributed by atoms with E-state index in [0.29, 0.717) is 11.8 Å². The molecule has 2 aromatic carbocycles. The van der Waals surface area contributed by atoms with Crippen molar-refractivity contribution in [2.45, 2.75) is 11.3 Å². The van der Waals surface area contributed by atoms with Crippen molar-refractivity contribution >= 4 is 26.6 Å². The number of hydrogen-bond acceptors (Lipinski definition) is 4. The van der Waals surface area contributed by atoms with Crippen LogP contribution in [-0.4, -0.2) is 24.9 Å². The number of benzene rings is 2. The number of H-pyrrole nitrogens is 1. The van der Waals surface area contributed by atoms with E-state index in [9.17, 15) is 22.9 Å². The number of non-ortho nitro benzene ring substituents is 1. The molecule has 0 bridgehead atoms. The maximum Gasteiger partial charge on any atom is 0.269 e. The van der Waals surface area contributed by atoms with Crippen LogP contribution in [0.3, 0.4) is 0 Å². The first-order valence-corrected chi connectivity index (χ1v) is 8.85. The van der Waals surface area contributed by atoms with E-state index in [-0.39, 0.29) is 22.9 Å². The Hall–Kier alpha value is -2.78. The first-order valence-electron chi connectivity index (χ1n) is 7.36. The zero-order valence-electron chi connectivity index (χ0n) is 12.9. The molecule has 0 unspecified atom stereocenters. The highest BCUT2D eigenvalue weighted by Crippen LogP contribution is 2.20. The molecule has 0 aliphatic rings. The summed E-state index contributed by atoms with van der Waals surface area (Å²) >= 11 is 0. The highest BCUT2D eigenvalue weighted by Gasteiger charge is 2.15. The smallest absolute Gasteiger partial charge is 0.269 e. The number of rotatable bonds is 6. The second-order valence-electron chi connectivity index (χ2n) is 5.40. The van der Waals surface area contributed by atoms with Gasteiger partial charge in [-0.1, -0.05) is 0 Å². The van der Waals surface area contributed by atoms with Gasteiger partial charge in [-0.05, 0) is 42.3 Å². The lowest BCUT2D eigenvalue weighted by Crippen LogP contribution is -2.25. The van der Waals surface area contributed by atoms with E-state index in [4.69, 9.17) is 0 Å². The van der Waals surface area contributed by atoms with Gasteiger partial charge in [0, 0.05) is 35.8 Å². The Bertz CT molecular complexity index is 1030.